The van der Waals surface area contributed by atoms with Crippen LogP contribution in [0.15, 0.2) is 51.9 Å². The molecule has 3 N–H and O–H groups in total. The Morgan fingerprint density at radius 3 is 2.52 bits per heavy atom. The van der Waals surface area contributed by atoms with Crippen molar-refractivity contribution in [1.82, 2.24) is 10.6 Å². The summed E-state index contributed by atoms with van der Waals surface area (Å²) in [5, 5.41) is 8.99. The molecule has 0 bridgehead atoms. The van der Waals surface area contributed by atoms with Crippen LogP contribution >= 0.6 is 0 Å². The predicted octanol–water partition coefficient (Wildman–Crippen LogP) is 3.96. The monoisotopic (exact) mass is 549 g/mol. The van der Waals surface area contributed by atoms with Crippen molar-refractivity contribution in [2.45, 2.75) is 45.2 Å². The number of rotatable bonds is 11. The number of methoxy groups -OCH3 is 3. The number of furan rings is 1. The summed E-state index contributed by atoms with van der Waals surface area (Å²) in [4.78, 5) is 37.6. The minimum atomic E-state index is -0.382. The van der Waals surface area contributed by atoms with Crippen molar-refractivity contribution in [1.29, 1.82) is 0 Å². The average Bonchev–Trinajstić information content (AvgIpc) is 3.36. The molecule has 0 saturated carbocycles. The third-order valence-electron chi connectivity index (χ3n) is 6.85. The van der Waals surface area contributed by atoms with E-state index in [1.54, 1.807) is 51.9 Å². The number of aryl methyl sites for hydroxylation is 1. The van der Waals surface area contributed by atoms with Crippen LogP contribution in [-0.4, -0.2) is 39.7 Å². The van der Waals surface area contributed by atoms with Gasteiger partial charge in [-0.2, -0.15) is 0 Å². The van der Waals surface area contributed by atoms with Crippen molar-refractivity contribution in [3.63, 3.8) is 0 Å². The third kappa shape index (κ3) is 6.39. The second-order valence-corrected chi connectivity index (χ2v) is 9.48. The Kier molecular flexibility index (Phi) is 9.31. The molecule has 1 aliphatic rings. The van der Waals surface area contributed by atoms with Gasteiger partial charge in [0.1, 0.15) is 5.76 Å². The standard InChI is InChI=1S/C30H35N3O7/c1-18(34)33-23-11-9-19-15-26(37-2)29(38-3)30(39-4)28(19)21-10-12-24(25(35)16-22(21)23)31-13-5-8-27(36)32-17-20-7-6-14-40-20/h6-7,10,12,14-16,23H,5,8-9,11,13,17H2,1-4H3,(H,31,35)(H,32,36)(H,33,34). The van der Waals surface area contributed by atoms with Crippen LogP contribution in [0.5, 0.6) is 17.2 Å². The lowest BCUT2D eigenvalue weighted by Gasteiger charge is -2.19. The highest BCUT2D eigenvalue weighted by Gasteiger charge is 2.29. The second-order valence-electron chi connectivity index (χ2n) is 9.48. The van der Waals surface area contributed by atoms with Crippen LogP contribution in [-0.2, 0) is 22.6 Å². The molecule has 1 unspecified atom stereocenters. The molecule has 212 valence electrons. The Labute approximate surface area is 233 Å². The summed E-state index contributed by atoms with van der Waals surface area (Å²) in [6.45, 7) is 2.22. The van der Waals surface area contributed by atoms with Gasteiger partial charge in [0, 0.05) is 25.5 Å². The molecule has 1 heterocycles. The molecule has 1 aliphatic carbocycles. The first kappa shape index (κ1) is 28.5. The van der Waals surface area contributed by atoms with E-state index in [-0.39, 0.29) is 23.3 Å². The molecule has 0 saturated heterocycles. The van der Waals surface area contributed by atoms with Crippen LogP contribution in [0.2, 0.25) is 0 Å². The van der Waals surface area contributed by atoms with Crippen LogP contribution in [0.25, 0.3) is 11.1 Å². The highest BCUT2D eigenvalue weighted by Crippen LogP contribution is 2.50. The van der Waals surface area contributed by atoms with Gasteiger partial charge in [-0.1, -0.05) is 6.07 Å². The highest BCUT2D eigenvalue weighted by atomic mass is 16.5. The Morgan fingerprint density at radius 1 is 1.05 bits per heavy atom. The zero-order valence-electron chi connectivity index (χ0n) is 23.2. The largest absolute Gasteiger partial charge is 0.493 e. The molecule has 2 amide bonds. The second kappa shape index (κ2) is 13.1. The summed E-state index contributed by atoms with van der Waals surface area (Å²) in [7, 11) is 4.68. The minimum absolute atomic E-state index is 0.0999. The molecule has 0 fully saturated rings. The molecule has 1 atom stereocenters. The van der Waals surface area contributed by atoms with Crippen molar-refractivity contribution in [3.05, 3.63) is 69.8 Å². The highest BCUT2D eigenvalue weighted by molar-refractivity contribution is 5.83. The number of hydrogen-bond donors (Lipinski definition) is 3. The minimum Gasteiger partial charge on any atom is -0.493 e. The SMILES string of the molecule is COc1cc2c(c(OC)c1OC)-c1ccc(NCCCC(=O)NCc3ccco3)c(=O)cc1C(NC(C)=O)CC2. The molecule has 2 aromatic carbocycles. The fraction of sp³-hybridized carbons (Fsp3) is 0.367. The van der Waals surface area contributed by atoms with E-state index in [0.717, 1.165) is 16.7 Å². The van der Waals surface area contributed by atoms with Crippen LogP contribution in [0, 0.1) is 0 Å². The summed E-state index contributed by atoms with van der Waals surface area (Å²) < 4.78 is 22.2. The molecule has 1 aromatic heterocycles. The first-order valence-electron chi connectivity index (χ1n) is 13.2. The van der Waals surface area contributed by atoms with Gasteiger partial charge in [0.2, 0.25) is 23.0 Å². The summed E-state index contributed by atoms with van der Waals surface area (Å²) >= 11 is 0. The van der Waals surface area contributed by atoms with E-state index in [1.165, 1.54) is 6.92 Å². The Morgan fingerprint density at radius 2 is 1.85 bits per heavy atom. The maximum absolute atomic E-state index is 13.3. The summed E-state index contributed by atoms with van der Waals surface area (Å²) in [6.07, 6.45) is 3.60. The number of benzene rings is 1. The Hall–Kier alpha value is -4.47. The van der Waals surface area contributed by atoms with E-state index in [9.17, 15) is 14.4 Å². The van der Waals surface area contributed by atoms with Gasteiger partial charge in [0.15, 0.2) is 11.5 Å². The molecular formula is C30H35N3O7. The van der Waals surface area contributed by atoms with Gasteiger partial charge in [-0.05, 0) is 66.3 Å². The lowest BCUT2D eigenvalue weighted by Crippen LogP contribution is -2.26. The quantitative estimate of drug-likeness (QED) is 0.307. The number of ether oxygens (including phenoxy) is 3. The predicted molar refractivity (Wildman–Crippen MR) is 151 cm³/mol. The molecule has 0 radical (unpaired) electrons. The zero-order chi connectivity index (χ0) is 28.6. The van der Waals surface area contributed by atoms with Crippen molar-refractivity contribution < 1.29 is 28.2 Å². The lowest BCUT2D eigenvalue weighted by molar-refractivity contribution is -0.121. The molecule has 10 nitrogen and oxygen atoms in total. The summed E-state index contributed by atoms with van der Waals surface area (Å²) in [6, 6.07) is 10.3. The normalized spacial score (nSPS) is 13.8. The summed E-state index contributed by atoms with van der Waals surface area (Å²) in [5.74, 6) is 1.88. The van der Waals surface area contributed by atoms with E-state index in [0.29, 0.717) is 73.0 Å². The molecule has 40 heavy (non-hydrogen) atoms. The number of hydrogen-bond acceptors (Lipinski definition) is 8. The number of amides is 2. The molecule has 10 heteroatoms. The average molecular weight is 550 g/mol. The van der Waals surface area contributed by atoms with Crippen LogP contribution in [0.4, 0.5) is 5.69 Å². The van der Waals surface area contributed by atoms with Gasteiger partial charge < -0.3 is 34.6 Å². The maximum Gasteiger partial charge on any atom is 0.220 e. The molecule has 3 aromatic rings. The number of anilines is 1. The molecule has 0 aliphatic heterocycles. The van der Waals surface area contributed by atoms with Gasteiger partial charge in [-0.15, -0.1) is 0 Å². The maximum atomic E-state index is 13.3. The van der Waals surface area contributed by atoms with Gasteiger partial charge >= 0.3 is 0 Å². The van der Waals surface area contributed by atoms with Gasteiger partial charge in [-0.25, -0.2) is 0 Å². The lowest BCUT2D eigenvalue weighted by atomic mass is 9.95. The third-order valence-corrected chi connectivity index (χ3v) is 6.85. The Balaban J connectivity index is 1.62. The van der Waals surface area contributed by atoms with E-state index in [1.807, 2.05) is 12.1 Å². The number of carbonyl (C=O) groups excluding carboxylic acids is 2. The van der Waals surface area contributed by atoms with Crippen LogP contribution in [0.1, 0.15) is 49.1 Å². The number of nitrogens with one attached hydrogen (secondary N) is 3. The number of carbonyl (C=O) groups is 2. The topological polar surface area (TPSA) is 128 Å². The Bertz CT molecular complexity index is 1420. The zero-order valence-corrected chi connectivity index (χ0v) is 23.2. The summed E-state index contributed by atoms with van der Waals surface area (Å²) in [5.41, 5.74) is 3.37. The first-order chi connectivity index (χ1) is 19.4. The van der Waals surface area contributed by atoms with E-state index in [2.05, 4.69) is 16.0 Å². The fourth-order valence-corrected chi connectivity index (χ4v) is 5.01. The molecular weight excluding hydrogens is 514 g/mol. The van der Waals surface area contributed by atoms with Crippen LogP contribution < -0.4 is 35.6 Å². The molecule has 0 spiro atoms. The van der Waals surface area contributed by atoms with E-state index < -0.39 is 0 Å². The number of fused-ring (bicyclic) bond motifs is 3. The van der Waals surface area contributed by atoms with Crippen molar-refractivity contribution in [2.24, 2.45) is 0 Å². The van der Waals surface area contributed by atoms with E-state index in [4.69, 9.17) is 18.6 Å². The van der Waals surface area contributed by atoms with Gasteiger partial charge in [-0.3, -0.25) is 14.4 Å². The molecule has 4 rings (SSSR count). The van der Waals surface area contributed by atoms with Crippen molar-refractivity contribution >= 4 is 17.5 Å². The van der Waals surface area contributed by atoms with E-state index >= 15 is 0 Å². The smallest absolute Gasteiger partial charge is 0.220 e. The van der Waals surface area contributed by atoms with Crippen molar-refractivity contribution in [3.8, 4) is 28.4 Å². The first-order valence-corrected chi connectivity index (χ1v) is 13.2. The van der Waals surface area contributed by atoms with Crippen molar-refractivity contribution in [2.75, 3.05) is 33.2 Å². The fourth-order valence-electron chi connectivity index (χ4n) is 5.01. The van der Waals surface area contributed by atoms with Crippen LogP contribution in [0.3, 0.4) is 0 Å². The van der Waals surface area contributed by atoms with Gasteiger partial charge in [0.25, 0.3) is 0 Å². The van der Waals surface area contributed by atoms with Gasteiger partial charge in [0.05, 0.1) is 45.9 Å².